The third-order valence-corrected chi connectivity index (χ3v) is 4.83. The first-order valence-corrected chi connectivity index (χ1v) is 8.22. The van der Waals surface area contributed by atoms with Gasteiger partial charge in [0.05, 0.1) is 0 Å². The van der Waals surface area contributed by atoms with Crippen molar-refractivity contribution in [3.05, 3.63) is 48.3 Å². The molecule has 0 unspecified atom stereocenters. The fourth-order valence-corrected chi connectivity index (χ4v) is 3.57. The van der Waals surface area contributed by atoms with Gasteiger partial charge in [0.25, 0.3) is 5.91 Å². The SMILES string of the molecule is O=C(c1ccc(-c2ncccn2)cc1)N1CCN2CCC[C@@H]2C1. The number of benzene rings is 1. The maximum atomic E-state index is 12.7. The Morgan fingerprint density at radius 1 is 1.04 bits per heavy atom. The monoisotopic (exact) mass is 308 g/mol. The minimum absolute atomic E-state index is 0.136. The molecule has 0 N–H and O–H groups in total. The summed E-state index contributed by atoms with van der Waals surface area (Å²) in [6, 6.07) is 9.97. The van der Waals surface area contributed by atoms with Gasteiger partial charge in [-0.1, -0.05) is 12.1 Å². The molecule has 1 amide bonds. The van der Waals surface area contributed by atoms with Crippen LogP contribution in [0.1, 0.15) is 23.2 Å². The van der Waals surface area contributed by atoms with E-state index < -0.39 is 0 Å². The molecule has 3 heterocycles. The predicted octanol–water partition coefficient (Wildman–Crippen LogP) is 2.06. The van der Waals surface area contributed by atoms with E-state index in [1.165, 1.54) is 19.4 Å². The van der Waals surface area contributed by atoms with Crippen molar-refractivity contribution in [3.8, 4) is 11.4 Å². The number of aromatic nitrogens is 2. The lowest BCUT2D eigenvalue weighted by atomic mass is 10.1. The smallest absolute Gasteiger partial charge is 0.253 e. The van der Waals surface area contributed by atoms with Crippen LogP contribution in [0.25, 0.3) is 11.4 Å². The standard InChI is InChI=1S/C18H20N4O/c23-18(22-12-11-21-10-1-3-16(21)13-22)15-6-4-14(5-7-15)17-19-8-2-9-20-17/h2,4-9,16H,1,3,10-13H2/t16-/m1/s1. The lowest BCUT2D eigenvalue weighted by Crippen LogP contribution is -2.52. The van der Waals surface area contributed by atoms with Gasteiger partial charge in [0.15, 0.2) is 5.82 Å². The molecule has 2 fully saturated rings. The Labute approximate surface area is 136 Å². The largest absolute Gasteiger partial charge is 0.336 e. The molecule has 1 aromatic heterocycles. The molecule has 2 aromatic rings. The molecule has 2 aliphatic rings. The summed E-state index contributed by atoms with van der Waals surface area (Å²) >= 11 is 0. The number of nitrogens with zero attached hydrogens (tertiary/aromatic N) is 4. The van der Waals surface area contributed by atoms with Gasteiger partial charge in [-0.25, -0.2) is 9.97 Å². The van der Waals surface area contributed by atoms with Crippen molar-refractivity contribution < 1.29 is 4.79 Å². The van der Waals surface area contributed by atoms with Gasteiger partial charge in [-0.15, -0.1) is 0 Å². The number of piperazine rings is 1. The summed E-state index contributed by atoms with van der Waals surface area (Å²) in [5.41, 5.74) is 1.68. The Bertz CT molecular complexity index is 686. The number of amides is 1. The van der Waals surface area contributed by atoms with Crippen LogP contribution in [0.4, 0.5) is 0 Å². The van der Waals surface area contributed by atoms with Gasteiger partial charge in [0.2, 0.25) is 0 Å². The summed E-state index contributed by atoms with van der Waals surface area (Å²) in [5.74, 6) is 0.822. The molecule has 2 saturated heterocycles. The van der Waals surface area contributed by atoms with Crippen LogP contribution in [0.2, 0.25) is 0 Å². The van der Waals surface area contributed by atoms with Gasteiger partial charge < -0.3 is 4.90 Å². The first-order chi connectivity index (χ1) is 11.3. The molecular weight excluding hydrogens is 288 g/mol. The molecule has 0 aliphatic carbocycles. The zero-order valence-electron chi connectivity index (χ0n) is 13.1. The summed E-state index contributed by atoms with van der Waals surface area (Å²) in [6.45, 7) is 3.89. The highest BCUT2D eigenvalue weighted by molar-refractivity contribution is 5.94. The lowest BCUT2D eigenvalue weighted by molar-refractivity contribution is 0.0571. The number of carbonyl (C=O) groups excluding carboxylic acids is 1. The predicted molar refractivity (Wildman–Crippen MR) is 88.0 cm³/mol. The molecule has 2 aliphatic heterocycles. The quantitative estimate of drug-likeness (QED) is 0.852. The number of fused-ring (bicyclic) bond motifs is 1. The molecule has 1 atom stereocenters. The van der Waals surface area contributed by atoms with Crippen LogP contribution in [0.3, 0.4) is 0 Å². The van der Waals surface area contributed by atoms with Crippen LogP contribution in [-0.2, 0) is 0 Å². The number of hydrogen-bond acceptors (Lipinski definition) is 4. The normalized spacial score (nSPS) is 21.2. The number of rotatable bonds is 2. The van der Waals surface area contributed by atoms with E-state index in [0.717, 1.165) is 30.8 Å². The Morgan fingerprint density at radius 2 is 1.83 bits per heavy atom. The second kappa shape index (κ2) is 6.08. The fraction of sp³-hybridized carbons (Fsp3) is 0.389. The van der Waals surface area contributed by atoms with E-state index in [0.29, 0.717) is 11.9 Å². The highest BCUT2D eigenvalue weighted by Gasteiger charge is 2.32. The zero-order valence-corrected chi connectivity index (χ0v) is 13.1. The first-order valence-electron chi connectivity index (χ1n) is 8.22. The summed E-state index contributed by atoms with van der Waals surface area (Å²) in [7, 11) is 0. The molecular formula is C18H20N4O. The molecule has 0 radical (unpaired) electrons. The maximum Gasteiger partial charge on any atom is 0.253 e. The van der Waals surface area contributed by atoms with E-state index >= 15 is 0 Å². The van der Waals surface area contributed by atoms with Gasteiger partial charge >= 0.3 is 0 Å². The molecule has 0 saturated carbocycles. The van der Waals surface area contributed by atoms with Crippen molar-refractivity contribution in [2.45, 2.75) is 18.9 Å². The van der Waals surface area contributed by atoms with Crippen LogP contribution in [0.5, 0.6) is 0 Å². The Morgan fingerprint density at radius 3 is 2.61 bits per heavy atom. The molecule has 118 valence electrons. The van der Waals surface area contributed by atoms with Gasteiger partial charge in [0, 0.05) is 49.2 Å². The van der Waals surface area contributed by atoms with Gasteiger partial charge in [-0.05, 0) is 37.6 Å². The lowest BCUT2D eigenvalue weighted by Gasteiger charge is -2.37. The third kappa shape index (κ3) is 2.84. The van der Waals surface area contributed by atoms with Gasteiger partial charge in [-0.2, -0.15) is 0 Å². The maximum absolute atomic E-state index is 12.7. The highest BCUT2D eigenvalue weighted by Crippen LogP contribution is 2.23. The van der Waals surface area contributed by atoms with E-state index in [-0.39, 0.29) is 5.91 Å². The molecule has 5 heteroatoms. The van der Waals surface area contributed by atoms with Crippen LogP contribution in [0, 0.1) is 0 Å². The van der Waals surface area contributed by atoms with E-state index in [4.69, 9.17) is 0 Å². The van der Waals surface area contributed by atoms with Crippen molar-refractivity contribution in [2.75, 3.05) is 26.2 Å². The van der Waals surface area contributed by atoms with Gasteiger partial charge in [-0.3, -0.25) is 9.69 Å². The highest BCUT2D eigenvalue weighted by atomic mass is 16.2. The van der Waals surface area contributed by atoms with Crippen molar-refractivity contribution in [1.82, 2.24) is 19.8 Å². The summed E-state index contributed by atoms with van der Waals surface area (Å²) in [4.78, 5) is 25.7. The second-order valence-corrected chi connectivity index (χ2v) is 6.23. The summed E-state index contributed by atoms with van der Waals surface area (Å²) in [6.07, 6.45) is 5.93. The van der Waals surface area contributed by atoms with Crippen LogP contribution in [0.15, 0.2) is 42.7 Å². The Kier molecular flexibility index (Phi) is 3.79. The fourth-order valence-electron chi connectivity index (χ4n) is 3.57. The minimum Gasteiger partial charge on any atom is -0.336 e. The molecule has 1 aromatic carbocycles. The average Bonchev–Trinajstić information content (AvgIpc) is 3.10. The van der Waals surface area contributed by atoms with Crippen LogP contribution < -0.4 is 0 Å². The van der Waals surface area contributed by atoms with E-state index in [9.17, 15) is 4.79 Å². The second-order valence-electron chi connectivity index (χ2n) is 6.23. The van der Waals surface area contributed by atoms with E-state index in [1.54, 1.807) is 18.5 Å². The van der Waals surface area contributed by atoms with Crippen molar-refractivity contribution in [2.24, 2.45) is 0 Å². The van der Waals surface area contributed by atoms with Crippen molar-refractivity contribution in [3.63, 3.8) is 0 Å². The minimum atomic E-state index is 0.136. The van der Waals surface area contributed by atoms with Crippen molar-refractivity contribution >= 4 is 5.91 Å². The van der Waals surface area contributed by atoms with Gasteiger partial charge in [0.1, 0.15) is 0 Å². The summed E-state index contributed by atoms with van der Waals surface area (Å²) < 4.78 is 0. The molecule has 5 nitrogen and oxygen atoms in total. The Hall–Kier alpha value is -2.27. The first kappa shape index (κ1) is 14.3. The van der Waals surface area contributed by atoms with E-state index in [1.807, 2.05) is 29.2 Å². The van der Waals surface area contributed by atoms with Crippen molar-refractivity contribution in [1.29, 1.82) is 0 Å². The zero-order chi connectivity index (χ0) is 15.6. The number of hydrogen-bond donors (Lipinski definition) is 0. The number of carbonyl (C=O) groups is 1. The third-order valence-electron chi connectivity index (χ3n) is 4.83. The van der Waals surface area contributed by atoms with Crippen LogP contribution >= 0.6 is 0 Å². The molecule has 0 spiro atoms. The molecule has 4 rings (SSSR count). The topological polar surface area (TPSA) is 49.3 Å². The Balaban J connectivity index is 1.48. The average molecular weight is 308 g/mol. The molecule has 23 heavy (non-hydrogen) atoms. The van der Waals surface area contributed by atoms with Crippen LogP contribution in [-0.4, -0.2) is 57.9 Å². The summed E-state index contributed by atoms with van der Waals surface area (Å²) in [5, 5.41) is 0. The molecule has 0 bridgehead atoms. The van der Waals surface area contributed by atoms with E-state index in [2.05, 4.69) is 14.9 Å².